The van der Waals surface area contributed by atoms with Gasteiger partial charge in [0.2, 0.25) is 0 Å². The highest BCUT2D eigenvalue weighted by atomic mass is 15.1. The van der Waals surface area contributed by atoms with E-state index in [-0.39, 0.29) is 0 Å². The summed E-state index contributed by atoms with van der Waals surface area (Å²) in [6.07, 6.45) is 47.5. The molecule has 1 rings (SSSR count). The molecule has 0 radical (unpaired) electrons. The highest BCUT2D eigenvalue weighted by Crippen LogP contribution is 2.15. The van der Waals surface area contributed by atoms with E-state index < -0.39 is 0 Å². The van der Waals surface area contributed by atoms with Gasteiger partial charge in [0.15, 0.2) is 0 Å². The van der Waals surface area contributed by atoms with Crippen molar-refractivity contribution in [3.63, 3.8) is 0 Å². The second-order valence-corrected chi connectivity index (χ2v) is 13.0. The minimum absolute atomic E-state index is 1.23. The maximum absolute atomic E-state index is 2.61. The van der Waals surface area contributed by atoms with Crippen LogP contribution in [0.2, 0.25) is 0 Å². The molecule has 0 amide bonds. The molecule has 1 aromatic rings. The molecule has 0 unspecified atom stereocenters. The summed E-state index contributed by atoms with van der Waals surface area (Å²) < 4.78 is 5.21. The molecule has 0 saturated carbocycles. The van der Waals surface area contributed by atoms with Gasteiger partial charge in [-0.15, -0.1) is 0 Å². The number of aryl methyl sites for hydroxylation is 2. The fourth-order valence-corrected chi connectivity index (χ4v) is 6.33. The van der Waals surface area contributed by atoms with E-state index in [4.69, 9.17) is 0 Å². The second-order valence-electron chi connectivity index (χ2n) is 13.0. The average Bonchev–Trinajstić information content (AvgIpc) is 3.35. The molecular weight excluding hydrogens is 484 g/mol. The van der Waals surface area contributed by atoms with Crippen LogP contribution in [0.4, 0.5) is 0 Å². The Kier molecular flexibility index (Phi) is 27.6. The highest BCUT2D eigenvalue weighted by Gasteiger charge is 2.16. The van der Waals surface area contributed by atoms with E-state index in [0.717, 1.165) is 0 Å². The summed E-state index contributed by atoms with van der Waals surface area (Å²) in [4.78, 5) is 0. The molecule has 0 bridgehead atoms. The Morgan fingerprint density at radius 1 is 0.425 bits per heavy atom. The third-order valence-corrected chi connectivity index (χ3v) is 9.10. The summed E-state index contributed by atoms with van der Waals surface area (Å²) in [6.45, 7) is 9.40. The van der Waals surface area contributed by atoms with Crippen molar-refractivity contribution in [3.05, 3.63) is 18.2 Å². The van der Waals surface area contributed by atoms with Gasteiger partial charge < -0.3 is 0 Å². The molecule has 0 spiro atoms. The van der Waals surface area contributed by atoms with Crippen molar-refractivity contribution in [2.45, 2.75) is 226 Å². The first-order valence-corrected chi connectivity index (χ1v) is 18.9. The van der Waals surface area contributed by atoms with Gasteiger partial charge in [0.05, 0.1) is 13.1 Å². The summed E-state index contributed by atoms with van der Waals surface area (Å²) in [7, 11) is 0. The lowest BCUT2D eigenvalue weighted by Gasteiger charge is -2.07. The smallest absolute Gasteiger partial charge is 0.234 e. The van der Waals surface area contributed by atoms with Crippen LogP contribution in [0.1, 0.15) is 213 Å². The molecule has 1 heterocycles. The van der Waals surface area contributed by atoms with Crippen LogP contribution in [0.25, 0.3) is 0 Å². The van der Waals surface area contributed by atoms with E-state index in [1.807, 2.05) is 0 Å². The standard InChI is InChI=1S/C38H75N2/c1-4-7-10-12-14-16-18-20-21-23-25-27-29-32-35-40-37-36-39(38(40)33-30-9-6-3)34-31-28-26-24-22-19-17-15-13-11-8-5-2/h36-37H,4-35H2,1-3H3/q+1. The molecule has 236 valence electrons. The third-order valence-electron chi connectivity index (χ3n) is 9.10. The molecule has 0 aromatic carbocycles. The van der Waals surface area contributed by atoms with Crippen LogP contribution >= 0.6 is 0 Å². The molecule has 0 aliphatic rings. The molecule has 0 fully saturated rings. The lowest BCUT2D eigenvalue weighted by Crippen LogP contribution is -2.37. The Morgan fingerprint density at radius 3 is 1.20 bits per heavy atom. The number of hydrogen-bond donors (Lipinski definition) is 0. The van der Waals surface area contributed by atoms with E-state index in [1.165, 1.54) is 206 Å². The zero-order chi connectivity index (χ0) is 28.8. The Bertz CT molecular complexity index is 619. The minimum atomic E-state index is 1.23. The zero-order valence-corrected chi connectivity index (χ0v) is 28.2. The Hall–Kier alpha value is -0.790. The van der Waals surface area contributed by atoms with Crippen molar-refractivity contribution in [3.8, 4) is 0 Å². The Labute approximate surface area is 253 Å². The van der Waals surface area contributed by atoms with Crippen molar-refractivity contribution in [2.24, 2.45) is 0 Å². The maximum Gasteiger partial charge on any atom is 0.256 e. The monoisotopic (exact) mass is 560 g/mol. The van der Waals surface area contributed by atoms with Gasteiger partial charge >= 0.3 is 0 Å². The van der Waals surface area contributed by atoms with E-state index in [1.54, 1.807) is 5.82 Å². The molecule has 0 saturated heterocycles. The lowest BCUT2D eigenvalue weighted by molar-refractivity contribution is -0.704. The van der Waals surface area contributed by atoms with Crippen LogP contribution in [0, 0.1) is 0 Å². The topological polar surface area (TPSA) is 8.81 Å². The molecule has 0 N–H and O–H groups in total. The van der Waals surface area contributed by atoms with E-state index in [2.05, 4.69) is 42.3 Å². The van der Waals surface area contributed by atoms with Crippen LogP contribution in [-0.2, 0) is 19.5 Å². The summed E-state index contributed by atoms with van der Waals surface area (Å²) >= 11 is 0. The number of aromatic nitrogens is 2. The molecule has 0 aliphatic heterocycles. The van der Waals surface area contributed by atoms with Gasteiger partial charge in [-0.25, -0.2) is 9.13 Å². The fraction of sp³-hybridized carbons (Fsp3) is 0.921. The first kappa shape index (κ1) is 37.2. The second kappa shape index (κ2) is 29.7. The SMILES string of the molecule is CCCCCCCCCCCCCCCC[n+]1ccn(CCCCCCCCCCCCCC)c1CCCCC. The van der Waals surface area contributed by atoms with Gasteiger partial charge in [0.1, 0.15) is 12.4 Å². The van der Waals surface area contributed by atoms with Crippen LogP contribution in [-0.4, -0.2) is 4.57 Å². The normalized spacial score (nSPS) is 11.6. The van der Waals surface area contributed by atoms with Crippen molar-refractivity contribution in [1.82, 2.24) is 4.57 Å². The molecular formula is C38H75N2+. The Balaban J connectivity index is 2.13. The largest absolute Gasteiger partial charge is 0.256 e. The Morgan fingerprint density at radius 2 is 0.775 bits per heavy atom. The number of hydrogen-bond acceptors (Lipinski definition) is 0. The first-order valence-electron chi connectivity index (χ1n) is 18.9. The van der Waals surface area contributed by atoms with Crippen LogP contribution in [0.5, 0.6) is 0 Å². The summed E-state index contributed by atoms with van der Waals surface area (Å²) in [5.74, 6) is 1.60. The fourth-order valence-electron chi connectivity index (χ4n) is 6.33. The number of unbranched alkanes of at least 4 members (excludes halogenated alkanes) is 26. The number of nitrogens with zero attached hydrogens (tertiary/aromatic N) is 2. The lowest BCUT2D eigenvalue weighted by atomic mass is 10.0. The van der Waals surface area contributed by atoms with E-state index in [9.17, 15) is 0 Å². The zero-order valence-electron chi connectivity index (χ0n) is 28.2. The van der Waals surface area contributed by atoms with Crippen molar-refractivity contribution in [1.29, 1.82) is 0 Å². The van der Waals surface area contributed by atoms with Crippen LogP contribution in [0.3, 0.4) is 0 Å². The van der Waals surface area contributed by atoms with Crippen molar-refractivity contribution < 1.29 is 4.57 Å². The van der Waals surface area contributed by atoms with Gasteiger partial charge in [-0.3, -0.25) is 0 Å². The average molecular weight is 560 g/mol. The van der Waals surface area contributed by atoms with Gasteiger partial charge in [0, 0.05) is 6.42 Å². The third kappa shape index (κ3) is 21.9. The minimum Gasteiger partial charge on any atom is -0.234 e. The predicted molar refractivity (Wildman–Crippen MR) is 179 cm³/mol. The quantitative estimate of drug-likeness (QED) is 0.0613. The van der Waals surface area contributed by atoms with Gasteiger partial charge in [-0.05, 0) is 32.1 Å². The predicted octanol–water partition coefficient (Wildman–Crippen LogP) is 12.7. The molecule has 1 aromatic heterocycles. The summed E-state index contributed by atoms with van der Waals surface area (Å²) in [5.41, 5.74) is 0. The van der Waals surface area contributed by atoms with Gasteiger partial charge in [-0.2, -0.15) is 0 Å². The molecule has 2 nitrogen and oxygen atoms in total. The number of imidazole rings is 1. The maximum atomic E-state index is 2.61. The summed E-state index contributed by atoms with van der Waals surface area (Å²) in [6, 6.07) is 0. The number of rotatable bonds is 32. The summed E-state index contributed by atoms with van der Waals surface area (Å²) in [5, 5.41) is 0. The van der Waals surface area contributed by atoms with Crippen LogP contribution in [0.15, 0.2) is 12.4 Å². The van der Waals surface area contributed by atoms with Gasteiger partial charge in [-0.1, -0.05) is 175 Å². The van der Waals surface area contributed by atoms with Crippen LogP contribution < -0.4 is 4.57 Å². The van der Waals surface area contributed by atoms with Crippen molar-refractivity contribution in [2.75, 3.05) is 0 Å². The van der Waals surface area contributed by atoms with Crippen molar-refractivity contribution >= 4 is 0 Å². The first-order chi connectivity index (χ1) is 19.8. The molecule has 2 heteroatoms. The van der Waals surface area contributed by atoms with E-state index >= 15 is 0 Å². The van der Waals surface area contributed by atoms with Gasteiger partial charge in [0.25, 0.3) is 5.82 Å². The molecule has 0 aliphatic carbocycles. The van der Waals surface area contributed by atoms with E-state index in [0.29, 0.717) is 0 Å². The molecule has 0 atom stereocenters. The highest BCUT2D eigenvalue weighted by molar-refractivity contribution is 4.84. The molecule has 40 heavy (non-hydrogen) atoms.